The van der Waals surface area contributed by atoms with E-state index in [1.54, 1.807) is 4.90 Å². The van der Waals surface area contributed by atoms with Crippen LogP contribution in [0.5, 0.6) is 5.75 Å². The molecular weight excluding hydrogens is 206 g/mol. The van der Waals surface area contributed by atoms with Crippen molar-refractivity contribution in [2.24, 2.45) is 0 Å². The largest absolute Gasteiger partial charge is 0.489 e. The number of carbonyl (C=O) groups is 1. The number of methoxy groups -OCH3 is 1. The molecule has 2 rings (SSSR count). The fourth-order valence-electron chi connectivity index (χ4n) is 1.81. The fourth-order valence-corrected chi connectivity index (χ4v) is 1.81. The number of rotatable bonds is 2. The average molecular weight is 221 g/mol. The second-order valence-corrected chi connectivity index (χ2v) is 3.76. The van der Waals surface area contributed by atoms with Crippen molar-refractivity contribution < 1.29 is 14.3 Å². The van der Waals surface area contributed by atoms with Crippen LogP contribution in [0.2, 0.25) is 0 Å². The van der Waals surface area contributed by atoms with Gasteiger partial charge in [-0.05, 0) is 12.1 Å². The van der Waals surface area contributed by atoms with Gasteiger partial charge in [0.1, 0.15) is 11.9 Å². The molecule has 0 radical (unpaired) electrons. The van der Waals surface area contributed by atoms with Gasteiger partial charge in [-0.25, -0.2) is 4.79 Å². The standard InChI is InChI=1S/C12H15NO3/c1-15-12(14)13-8-7-11(9-13)16-10-5-3-2-4-6-10/h2-6,11H,7-9H2,1H3. The summed E-state index contributed by atoms with van der Waals surface area (Å²) in [7, 11) is 1.40. The van der Waals surface area contributed by atoms with Crippen LogP contribution < -0.4 is 4.74 Å². The molecule has 1 saturated heterocycles. The number of likely N-dealkylation sites (tertiary alicyclic amines) is 1. The fraction of sp³-hybridized carbons (Fsp3) is 0.417. The maximum Gasteiger partial charge on any atom is 0.409 e. The van der Waals surface area contributed by atoms with Gasteiger partial charge in [-0.15, -0.1) is 0 Å². The summed E-state index contributed by atoms with van der Waals surface area (Å²) in [5, 5.41) is 0. The minimum absolute atomic E-state index is 0.0708. The van der Waals surface area contributed by atoms with Crippen LogP contribution in [-0.2, 0) is 4.74 Å². The normalized spacial score (nSPS) is 19.6. The number of hydrogen-bond acceptors (Lipinski definition) is 3. The summed E-state index contributed by atoms with van der Waals surface area (Å²) in [5.41, 5.74) is 0. The molecule has 0 aliphatic carbocycles. The molecule has 16 heavy (non-hydrogen) atoms. The third kappa shape index (κ3) is 2.45. The van der Waals surface area contributed by atoms with Gasteiger partial charge in [0.25, 0.3) is 0 Å². The van der Waals surface area contributed by atoms with Gasteiger partial charge in [0.05, 0.1) is 13.7 Å². The third-order valence-corrected chi connectivity index (χ3v) is 2.62. The maximum absolute atomic E-state index is 11.3. The first-order chi connectivity index (χ1) is 7.79. The Kier molecular flexibility index (Phi) is 3.29. The third-order valence-electron chi connectivity index (χ3n) is 2.62. The first-order valence-electron chi connectivity index (χ1n) is 5.34. The molecule has 0 aromatic heterocycles. The Hall–Kier alpha value is -1.71. The Morgan fingerprint density at radius 2 is 2.12 bits per heavy atom. The van der Waals surface area contributed by atoms with Crippen molar-refractivity contribution in [1.29, 1.82) is 0 Å². The topological polar surface area (TPSA) is 38.8 Å². The van der Waals surface area contributed by atoms with Gasteiger partial charge in [-0.3, -0.25) is 0 Å². The monoisotopic (exact) mass is 221 g/mol. The van der Waals surface area contributed by atoms with E-state index in [1.807, 2.05) is 30.3 Å². The van der Waals surface area contributed by atoms with Crippen molar-refractivity contribution >= 4 is 6.09 Å². The van der Waals surface area contributed by atoms with Gasteiger partial charge >= 0.3 is 6.09 Å². The summed E-state index contributed by atoms with van der Waals surface area (Å²) in [4.78, 5) is 12.9. The lowest BCUT2D eigenvalue weighted by molar-refractivity contribution is 0.125. The van der Waals surface area contributed by atoms with E-state index in [4.69, 9.17) is 4.74 Å². The molecule has 1 aliphatic heterocycles. The molecule has 1 aromatic rings. The second kappa shape index (κ2) is 4.88. The minimum atomic E-state index is -0.279. The van der Waals surface area contributed by atoms with Gasteiger partial charge in [-0.2, -0.15) is 0 Å². The molecule has 1 heterocycles. The smallest absolute Gasteiger partial charge is 0.409 e. The van der Waals surface area contributed by atoms with Crippen LogP contribution in [0.25, 0.3) is 0 Å². The zero-order valence-corrected chi connectivity index (χ0v) is 9.26. The van der Waals surface area contributed by atoms with Crippen molar-refractivity contribution in [1.82, 2.24) is 4.90 Å². The predicted molar refractivity (Wildman–Crippen MR) is 59.5 cm³/mol. The van der Waals surface area contributed by atoms with E-state index in [9.17, 15) is 4.79 Å². The molecule has 0 bridgehead atoms. The van der Waals surface area contributed by atoms with Crippen LogP contribution in [0.1, 0.15) is 6.42 Å². The first kappa shape index (κ1) is 10.8. The zero-order valence-electron chi connectivity index (χ0n) is 9.26. The van der Waals surface area contributed by atoms with E-state index in [0.717, 1.165) is 12.2 Å². The van der Waals surface area contributed by atoms with Crippen LogP contribution >= 0.6 is 0 Å². The SMILES string of the molecule is COC(=O)N1CCC(Oc2ccccc2)C1. The summed E-state index contributed by atoms with van der Waals surface area (Å²) in [6.07, 6.45) is 0.643. The average Bonchev–Trinajstić information content (AvgIpc) is 2.78. The molecule has 0 spiro atoms. The van der Waals surface area contributed by atoms with Crippen LogP contribution in [-0.4, -0.2) is 37.3 Å². The van der Waals surface area contributed by atoms with Crippen molar-refractivity contribution in [2.75, 3.05) is 20.2 Å². The highest BCUT2D eigenvalue weighted by molar-refractivity contribution is 5.67. The molecule has 4 heteroatoms. The van der Waals surface area contributed by atoms with Crippen molar-refractivity contribution in [3.05, 3.63) is 30.3 Å². The number of ether oxygens (including phenoxy) is 2. The Morgan fingerprint density at radius 3 is 2.81 bits per heavy atom. The lowest BCUT2D eigenvalue weighted by Gasteiger charge is -2.15. The van der Waals surface area contributed by atoms with E-state index in [1.165, 1.54) is 7.11 Å². The Balaban J connectivity index is 1.88. The number of benzene rings is 1. The molecule has 1 unspecified atom stereocenters. The van der Waals surface area contributed by atoms with Gasteiger partial charge in [-0.1, -0.05) is 18.2 Å². The van der Waals surface area contributed by atoms with Crippen LogP contribution in [0, 0.1) is 0 Å². The highest BCUT2D eigenvalue weighted by Gasteiger charge is 2.27. The summed E-state index contributed by atoms with van der Waals surface area (Å²) in [6, 6.07) is 9.65. The molecule has 86 valence electrons. The zero-order chi connectivity index (χ0) is 11.4. The van der Waals surface area contributed by atoms with E-state index < -0.39 is 0 Å². The van der Waals surface area contributed by atoms with Gasteiger partial charge in [0.2, 0.25) is 0 Å². The lowest BCUT2D eigenvalue weighted by Crippen LogP contribution is -2.30. The van der Waals surface area contributed by atoms with Crippen LogP contribution in [0.3, 0.4) is 0 Å². The number of carbonyl (C=O) groups excluding carboxylic acids is 1. The summed E-state index contributed by atoms with van der Waals surface area (Å²) in [6.45, 7) is 1.30. The van der Waals surface area contributed by atoms with E-state index >= 15 is 0 Å². The number of nitrogens with zero attached hydrogens (tertiary/aromatic N) is 1. The Labute approximate surface area is 94.8 Å². The molecule has 1 atom stereocenters. The molecule has 1 fully saturated rings. The summed E-state index contributed by atoms with van der Waals surface area (Å²) < 4.78 is 10.4. The van der Waals surface area contributed by atoms with Crippen molar-refractivity contribution in [3.8, 4) is 5.75 Å². The Bertz CT molecular complexity index is 353. The molecule has 1 aromatic carbocycles. The first-order valence-corrected chi connectivity index (χ1v) is 5.34. The quantitative estimate of drug-likeness (QED) is 0.765. The number of amides is 1. The van der Waals surface area contributed by atoms with Crippen molar-refractivity contribution in [2.45, 2.75) is 12.5 Å². The lowest BCUT2D eigenvalue weighted by atomic mass is 10.3. The van der Waals surface area contributed by atoms with E-state index in [0.29, 0.717) is 13.1 Å². The minimum Gasteiger partial charge on any atom is -0.489 e. The van der Waals surface area contributed by atoms with Gasteiger partial charge < -0.3 is 14.4 Å². The van der Waals surface area contributed by atoms with Gasteiger partial charge in [0, 0.05) is 13.0 Å². The van der Waals surface area contributed by atoms with Crippen LogP contribution in [0.15, 0.2) is 30.3 Å². The van der Waals surface area contributed by atoms with E-state index in [-0.39, 0.29) is 12.2 Å². The number of para-hydroxylation sites is 1. The second-order valence-electron chi connectivity index (χ2n) is 3.76. The van der Waals surface area contributed by atoms with Gasteiger partial charge in [0.15, 0.2) is 0 Å². The van der Waals surface area contributed by atoms with Crippen molar-refractivity contribution in [3.63, 3.8) is 0 Å². The maximum atomic E-state index is 11.3. The molecule has 0 saturated carbocycles. The molecule has 1 aliphatic rings. The number of hydrogen-bond donors (Lipinski definition) is 0. The highest BCUT2D eigenvalue weighted by atomic mass is 16.5. The predicted octanol–water partition coefficient (Wildman–Crippen LogP) is 1.91. The Morgan fingerprint density at radius 1 is 1.38 bits per heavy atom. The summed E-state index contributed by atoms with van der Waals surface area (Å²) in [5.74, 6) is 0.846. The molecule has 1 amide bonds. The van der Waals surface area contributed by atoms with E-state index in [2.05, 4.69) is 4.74 Å². The van der Waals surface area contributed by atoms with Crippen LogP contribution in [0.4, 0.5) is 4.79 Å². The molecular formula is C12H15NO3. The molecule has 0 N–H and O–H groups in total. The molecule has 4 nitrogen and oxygen atoms in total. The highest BCUT2D eigenvalue weighted by Crippen LogP contribution is 2.18. The summed E-state index contributed by atoms with van der Waals surface area (Å²) >= 11 is 0.